The van der Waals surface area contributed by atoms with Crippen molar-refractivity contribution in [3.8, 4) is 5.82 Å². The molecule has 6 nitrogen and oxygen atoms in total. The Morgan fingerprint density at radius 1 is 1.06 bits per heavy atom. The number of piperazine rings is 1. The van der Waals surface area contributed by atoms with Crippen molar-refractivity contribution >= 4 is 11.6 Å². The molecule has 0 N–H and O–H groups in total. The Hall–Kier alpha value is -2.37. The van der Waals surface area contributed by atoms with Crippen molar-refractivity contribution in [3.05, 3.63) is 35.8 Å². The van der Waals surface area contributed by atoms with E-state index in [0.717, 1.165) is 62.1 Å². The van der Waals surface area contributed by atoms with Gasteiger partial charge in [0.1, 0.15) is 0 Å². The molecule has 0 aromatic carbocycles. The highest BCUT2D eigenvalue weighted by molar-refractivity contribution is 5.79. The zero-order chi connectivity index (χ0) is 21.8. The second-order valence-electron chi connectivity index (χ2n) is 9.29. The van der Waals surface area contributed by atoms with Crippen LogP contribution in [0.1, 0.15) is 63.3 Å². The molecule has 3 heterocycles. The third-order valence-electron chi connectivity index (χ3n) is 7.19. The summed E-state index contributed by atoms with van der Waals surface area (Å²) in [5.74, 6) is 2.34. The second kappa shape index (κ2) is 9.84. The first kappa shape index (κ1) is 21.8. The summed E-state index contributed by atoms with van der Waals surface area (Å²) in [6.45, 7) is 9.79. The molecular weight excluding hydrogens is 386 g/mol. The predicted octanol–water partition coefficient (Wildman–Crippen LogP) is 4.53. The second-order valence-corrected chi connectivity index (χ2v) is 9.29. The van der Waals surface area contributed by atoms with Crippen LogP contribution in [0.3, 0.4) is 0 Å². The molecule has 1 amide bonds. The lowest BCUT2D eigenvalue weighted by Gasteiger charge is -2.39. The summed E-state index contributed by atoms with van der Waals surface area (Å²) in [6.07, 6.45) is 10.4. The van der Waals surface area contributed by atoms with Gasteiger partial charge in [0.15, 0.2) is 5.82 Å². The van der Waals surface area contributed by atoms with E-state index in [-0.39, 0.29) is 5.92 Å². The smallest absolute Gasteiger partial charge is 0.225 e. The SMILES string of the molecule is CCCCC1CCC(C(=O)N2CCN(c3c(C)nn(-c4ccccn4)c3C)CC2)CC1. The van der Waals surface area contributed by atoms with Crippen molar-refractivity contribution in [3.63, 3.8) is 0 Å². The molecule has 31 heavy (non-hydrogen) atoms. The van der Waals surface area contributed by atoms with Crippen molar-refractivity contribution in [2.75, 3.05) is 31.1 Å². The van der Waals surface area contributed by atoms with Gasteiger partial charge in [-0.15, -0.1) is 0 Å². The van der Waals surface area contributed by atoms with E-state index in [1.54, 1.807) is 6.20 Å². The van der Waals surface area contributed by atoms with Gasteiger partial charge in [-0.25, -0.2) is 9.67 Å². The van der Waals surface area contributed by atoms with Gasteiger partial charge in [0.05, 0.1) is 17.1 Å². The minimum Gasteiger partial charge on any atom is -0.365 e. The number of hydrogen-bond donors (Lipinski definition) is 0. The van der Waals surface area contributed by atoms with Gasteiger partial charge < -0.3 is 9.80 Å². The Balaban J connectivity index is 1.34. The van der Waals surface area contributed by atoms with Gasteiger partial charge in [-0.3, -0.25) is 4.79 Å². The molecule has 1 saturated carbocycles. The number of nitrogens with zero attached hydrogens (tertiary/aromatic N) is 5. The van der Waals surface area contributed by atoms with Gasteiger partial charge in [-0.05, 0) is 57.6 Å². The Kier molecular flexibility index (Phi) is 6.93. The third-order valence-corrected chi connectivity index (χ3v) is 7.19. The largest absolute Gasteiger partial charge is 0.365 e. The Bertz CT molecular complexity index is 862. The van der Waals surface area contributed by atoms with Crippen molar-refractivity contribution in [2.45, 2.75) is 65.7 Å². The maximum absolute atomic E-state index is 13.1. The van der Waals surface area contributed by atoms with Crippen LogP contribution in [-0.2, 0) is 4.79 Å². The number of pyridine rings is 1. The first-order valence-corrected chi connectivity index (χ1v) is 12.1. The lowest BCUT2D eigenvalue weighted by Crippen LogP contribution is -2.51. The first-order valence-electron chi connectivity index (χ1n) is 12.1. The predicted molar refractivity (Wildman–Crippen MR) is 125 cm³/mol. The summed E-state index contributed by atoms with van der Waals surface area (Å²) in [5.41, 5.74) is 3.32. The first-order chi connectivity index (χ1) is 15.1. The average Bonchev–Trinajstić information content (AvgIpc) is 3.12. The van der Waals surface area contributed by atoms with Gasteiger partial charge in [-0.2, -0.15) is 5.10 Å². The number of carbonyl (C=O) groups excluding carboxylic acids is 1. The van der Waals surface area contributed by atoms with E-state index in [1.165, 1.54) is 37.8 Å². The Morgan fingerprint density at radius 2 is 1.81 bits per heavy atom. The van der Waals surface area contributed by atoms with E-state index in [4.69, 9.17) is 5.10 Å². The molecule has 1 aliphatic heterocycles. The van der Waals surface area contributed by atoms with Crippen LogP contribution in [0, 0.1) is 25.7 Å². The number of carbonyl (C=O) groups is 1. The highest BCUT2D eigenvalue weighted by Crippen LogP contribution is 2.33. The average molecular weight is 424 g/mol. The summed E-state index contributed by atoms with van der Waals surface area (Å²) in [6, 6.07) is 5.89. The quantitative estimate of drug-likeness (QED) is 0.685. The van der Waals surface area contributed by atoms with E-state index < -0.39 is 0 Å². The molecule has 168 valence electrons. The highest BCUT2D eigenvalue weighted by atomic mass is 16.2. The van der Waals surface area contributed by atoms with Crippen LogP contribution < -0.4 is 4.90 Å². The van der Waals surface area contributed by atoms with E-state index >= 15 is 0 Å². The minimum absolute atomic E-state index is 0.250. The number of hydrogen-bond acceptors (Lipinski definition) is 4. The summed E-state index contributed by atoms with van der Waals surface area (Å²) in [7, 11) is 0. The van der Waals surface area contributed by atoms with Gasteiger partial charge in [0, 0.05) is 38.3 Å². The molecule has 6 heteroatoms. The van der Waals surface area contributed by atoms with Crippen molar-refractivity contribution in [2.24, 2.45) is 11.8 Å². The number of aromatic nitrogens is 3. The van der Waals surface area contributed by atoms with E-state index in [0.29, 0.717) is 5.91 Å². The summed E-state index contributed by atoms with van der Waals surface area (Å²) in [4.78, 5) is 22.1. The highest BCUT2D eigenvalue weighted by Gasteiger charge is 2.32. The summed E-state index contributed by atoms with van der Waals surface area (Å²) in [5, 5.41) is 4.74. The van der Waals surface area contributed by atoms with Crippen LogP contribution in [0.15, 0.2) is 24.4 Å². The van der Waals surface area contributed by atoms with E-state index in [9.17, 15) is 4.79 Å². The lowest BCUT2D eigenvalue weighted by molar-refractivity contribution is -0.137. The number of aryl methyl sites for hydroxylation is 1. The molecule has 0 spiro atoms. The summed E-state index contributed by atoms with van der Waals surface area (Å²) < 4.78 is 1.93. The molecule has 1 saturated heterocycles. The minimum atomic E-state index is 0.250. The lowest BCUT2D eigenvalue weighted by atomic mass is 9.79. The van der Waals surface area contributed by atoms with Crippen molar-refractivity contribution < 1.29 is 4.79 Å². The number of amides is 1. The molecule has 0 unspecified atom stereocenters. The Morgan fingerprint density at radius 3 is 2.45 bits per heavy atom. The van der Waals surface area contributed by atoms with Gasteiger partial charge >= 0.3 is 0 Å². The van der Waals surface area contributed by atoms with Crippen LogP contribution in [0.5, 0.6) is 0 Å². The van der Waals surface area contributed by atoms with Crippen LogP contribution in [-0.4, -0.2) is 51.8 Å². The van der Waals surface area contributed by atoms with Crippen LogP contribution in [0.25, 0.3) is 5.82 Å². The topological polar surface area (TPSA) is 54.3 Å². The molecule has 0 atom stereocenters. The Labute approximate surface area is 186 Å². The van der Waals surface area contributed by atoms with Crippen LogP contribution >= 0.6 is 0 Å². The number of anilines is 1. The van der Waals surface area contributed by atoms with Crippen molar-refractivity contribution in [1.29, 1.82) is 0 Å². The molecule has 0 radical (unpaired) electrons. The normalized spacial score (nSPS) is 22.0. The van der Waals surface area contributed by atoms with E-state index in [2.05, 4.69) is 35.6 Å². The van der Waals surface area contributed by atoms with Crippen LogP contribution in [0.2, 0.25) is 0 Å². The van der Waals surface area contributed by atoms with Gasteiger partial charge in [0.25, 0.3) is 0 Å². The molecule has 2 aromatic rings. The molecule has 1 aliphatic carbocycles. The fraction of sp³-hybridized carbons (Fsp3) is 0.640. The van der Waals surface area contributed by atoms with Gasteiger partial charge in [-0.1, -0.05) is 32.3 Å². The zero-order valence-corrected chi connectivity index (χ0v) is 19.4. The molecule has 4 rings (SSSR count). The van der Waals surface area contributed by atoms with Crippen molar-refractivity contribution in [1.82, 2.24) is 19.7 Å². The maximum Gasteiger partial charge on any atom is 0.225 e. The molecular formula is C25H37N5O. The zero-order valence-electron chi connectivity index (χ0n) is 19.4. The fourth-order valence-corrected chi connectivity index (χ4v) is 5.39. The third kappa shape index (κ3) is 4.78. The van der Waals surface area contributed by atoms with Gasteiger partial charge in [0.2, 0.25) is 5.91 Å². The monoisotopic (exact) mass is 423 g/mol. The number of unbranched alkanes of at least 4 members (excludes halogenated alkanes) is 1. The molecule has 0 bridgehead atoms. The van der Waals surface area contributed by atoms with E-state index in [1.807, 2.05) is 22.9 Å². The molecule has 2 fully saturated rings. The maximum atomic E-state index is 13.1. The summed E-state index contributed by atoms with van der Waals surface area (Å²) >= 11 is 0. The van der Waals surface area contributed by atoms with Crippen LogP contribution in [0.4, 0.5) is 5.69 Å². The standard InChI is InChI=1S/C25H37N5O/c1-4-5-8-21-10-12-22(13-11-21)25(31)29-17-15-28(16-18-29)24-19(2)27-30(20(24)3)23-9-6-7-14-26-23/h6-7,9,14,21-22H,4-5,8,10-13,15-18H2,1-3H3. The fourth-order valence-electron chi connectivity index (χ4n) is 5.39. The molecule has 2 aliphatic rings. The number of rotatable bonds is 6. The molecule has 2 aromatic heterocycles.